The molecule has 11 heteroatoms. The third kappa shape index (κ3) is 6.67. The van der Waals surface area contributed by atoms with E-state index in [1.165, 1.54) is 7.05 Å². The Morgan fingerprint density at radius 1 is 0.814 bits per heavy atom. The first-order valence-electron chi connectivity index (χ1n) is 13.6. The maximum atomic E-state index is 13.3. The van der Waals surface area contributed by atoms with Crippen molar-refractivity contribution in [1.82, 2.24) is 20.1 Å². The molecule has 4 N–H and O–H groups in total. The lowest BCUT2D eigenvalue weighted by Crippen LogP contribution is -2.24. The number of aromatic nitrogens is 3. The zero-order valence-corrected chi connectivity index (χ0v) is 24.6. The predicted octanol–water partition coefficient (Wildman–Crippen LogP) is 6.91. The van der Waals surface area contributed by atoms with Crippen LogP contribution in [0.25, 0.3) is 16.5 Å². The van der Waals surface area contributed by atoms with Crippen molar-refractivity contribution in [3.8, 4) is 22.9 Å². The van der Waals surface area contributed by atoms with Crippen LogP contribution in [0.1, 0.15) is 26.5 Å². The molecule has 0 radical (unpaired) electrons. The normalized spacial score (nSPS) is 11.1. The van der Waals surface area contributed by atoms with Gasteiger partial charge in [0.25, 0.3) is 0 Å². The minimum Gasteiger partial charge on any atom is -0.497 e. The number of hydrogen-bond donors (Lipinski definition) is 4. The summed E-state index contributed by atoms with van der Waals surface area (Å²) >= 11 is 0. The fourth-order valence-electron chi connectivity index (χ4n) is 4.34. The predicted molar refractivity (Wildman–Crippen MR) is 168 cm³/mol. The van der Waals surface area contributed by atoms with Gasteiger partial charge in [-0.15, -0.1) is 0 Å². The van der Waals surface area contributed by atoms with Gasteiger partial charge < -0.3 is 20.1 Å². The highest BCUT2D eigenvalue weighted by Gasteiger charge is 2.22. The van der Waals surface area contributed by atoms with Gasteiger partial charge in [-0.3, -0.25) is 10.6 Å². The summed E-state index contributed by atoms with van der Waals surface area (Å²) in [5.41, 5.74) is 1.98. The molecule has 43 heavy (non-hydrogen) atoms. The maximum Gasteiger partial charge on any atom is 0.324 e. The van der Waals surface area contributed by atoms with Crippen LogP contribution in [0.4, 0.5) is 26.9 Å². The molecular formula is C32H33N7O4. The number of pyridine rings is 1. The summed E-state index contributed by atoms with van der Waals surface area (Å²) in [6.45, 7) is 6.20. The number of hydrogen-bond acceptors (Lipinski definition) is 6. The Kier molecular flexibility index (Phi) is 8.15. The van der Waals surface area contributed by atoms with Crippen LogP contribution < -0.4 is 30.7 Å². The van der Waals surface area contributed by atoms with Gasteiger partial charge in [-0.25, -0.2) is 19.3 Å². The van der Waals surface area contributed by atoms with E-state index in [4.69, 9.17) is 14.6 Å². The standard InChI is InChI=1S/C32H33N7O4/c1-32(2,3)27-19-29(39(38-27)20-10-12-21(42-5)13-11-20)37-31(41)35-25-14-15-26(24-9-7-6-8-23(24)25)43-22-16-17-34-28(18-22)36-30(40)33-4/h6-19H,1-5H3,(H2,35,37,41)(H2,33,34,36,40). The topological polar surface area (TPSA) is 131 Å². The number of anilines is 3. The van der Waals surface area contributed by atoms with Gasteiger partial charge in [0.15, 0.2) is 0 Å². The van der Waals surface area contributed by atoms with Gasteiger partial charge in [-0.05, 0) is 42.5 Å². The first-order chi connectivity index (χ1) is 20.6. The Morgan fingerprint density at radius 2 is 1.56 bits per heavy atom. The van der Waals surface area contributed by atoms with Gasteiger partial charge in [0.2, 0.25) is 0 Å². The van der Waals surface area contributed by atoms with Crippen molar-refractivity contribution >= 4 is 40.2 Å². The van der Waals surface area contributed by atoms with Gasteiger partial charge in [0.05, 0.1) is 24.2 Å². The number of nitrogens with one attached hydrogen (secondary N) is 4. The van der Waals surface area contributed by atoms with Crippen LogP contribution in [0, 0.1) is 0 Å². The average molecular weight is 580 g/mol. The number of nitrogens with zero attached hydrogens (tertiary/aromatic N) is 3. The number of methoxy groups -OCH3 is 1. The van der Waals surface area contributed by atoms with Crippen molar-refractivity contribution in [2.75, 3.05) is 30.1 Å². The molecule has 0 aliphatic rings. The number of urea groups is 2. The number of benzene rings is 3. The van der Waals surface area contributed by atoms with Crippen molar-refractivity contribution < 1.29 is 19.1 Å². The molecule has 11 nitrogen and oxygen atoms in total. The third-order valence-electron chi connectivity index (χ3n) is 6.60. The van der Waals surface area contributed by atoms with Crippen LogP contribution >= 0.6 is 0 Å². The van der Waals surface area contributed by atoms with E-state index in [0.29, 0.717) is 28.8 Å². The Balaban J connectivity index is 1.39. The number of fused-ring (bicyclic) bond motifs is 1. The highest BCUT2D eigenvalue weighted by atomic mass is 16.5. The van der Waals surface area contributed by atoms with E-state index in [-0.39, 0.29) is 11.4 Å². The number of carbonyl (C=O) groups excluding carboxylic acids is 2. The van der Waals surface area contributed by atoms with E-state index in [1.54, 1.807) is 42.3 Å². The SMILES string of the molecule is CNC(=O)Nc1cc(Oc2ccc(NC(=O)Nc3cc(C(C)(C)C)nn3-c3ccc(OC)cc3)c3ccccc23)ccn1. The zero-order valence-electron chi connectivity index (χ0n) is 24.6. The van der Waals surface area contributed by atoms with Crippen molar-refractivity contribution in [1.29, 1.82) is 0 Å². The molecule has 5 aromatic rings. The summed E-state index contributed by atoms with van der Waals surface area (Å²) < 4.78 is 13.2. The highest BCUT2D eigenvalue weighted by Crippen LogP contribution is 2.35. The lowest BCUT2D eigenvalue weighted by Gasteiger charge is -2.15. The summed E-state index contributed by atoms with van der Waals surface area (Å²) in [5.74, 6) is 2.66. The fourth-order valence-corrected chi connectivity index (χ4v) is 4.34. The Bertz CT molecular complexity index is 1780. The molecule has 0 atom stereocenters. The molecule has 0 saturated carbocycles. The van der Waals surface area contributed by atoms with Crippen LogP contribution in [-0.2, 0) is 5.41 Å². The molecule has 4 amide bonds. The molecule has 3 aromatic carbocycles. The summed E-state index contributed by atoms with van der Waals surface area (Å²) in [5, 5.41) is 17.4. The molecular weight excluding hydrogens is 546 g/mol. The number of carbonyl (C=O) groups is 2. The summed E-state index contributed by atoms with van der Waals surface area (Å²) in [4.78, 5) is 29.2. The van der Waals surface area contributed by atoms with Crippen LogP contribution in [0.15, 0.2) is 85.1 Å². The Hall–Kier alpha value is -5.58. The van der Waals surface area contributed by atoms with E-state index in [2.05, 4.69) is 47.0 Å². The molecule has 0 unspecified atom stereocenters. The van der Waals surface area contributed by atoms with Gasteiger partial charge in [-0.2, -0.15) is 5.10 Å². The summed E-state index contributed by atoms with van der Waals surface area (Å²) in [6.07, 6.45) is 1.55. The van der Waals surface area contributed by atoms with Crippen LogP contribution in [0.5, 0.6) is 17.2 Å². The van der Waals surface area contributed by atoms with Crippen LogP contribution in [0.2, 0.25) is 0 Å². The van der Waals surface area contributed by atoms with E-state index >= 15 is 0 Å². The quantitative estimate of drug-likeness (QED) is 0.166. The number of rotatable bonds is 7. The van der Waals surface area contributed by atoms with Crippen LogP contribution in [0.3, 0.4) is 0 Å². The molecule has 0 aliphatic carbocycles. The van der Waals surface area contributed by atoms with Gasteiger partial charge >= 0.3 is 12.1 Å². The van der Waals surface area contributed by atoms with E-state index < -0.39 is 6.03 Å². The average Bonchev–Trinajstić information content (AvgIpc) is 3.43. The molecule has 0 spiro atoms. The van der Waals surface area contributed by atoms with Crippen molar-refractivity contribution in [3.05, 3.63) is 90.8 Å². The minimum absolute atomic E-state index is 0.231. The highest BCUT2D eigenvalue weighted by molar-refractivity contribution is 6.07. The lowest BCUT2D eigenvalue weighted by molar-refractivity contribution is 0.254. The molecule has 0 aliphatic heterocycles. The van der Waals surface area contributed by atoms with Crippen LogP contribution in [-0.4, -0.2) is 41.0 Å². The summed E-state index contributed by atoms with van der Waals surface area (Å²) in [7, 11) is 3.14. The fraction of sp³-hybridized carbons (Fsp3) is 0.188. The van der Waals surface area contributed by atoms with Gasteiger partial charge in [0, 0.05) is 41.6 Å². The second-order valence-electron chi connectivity index (χ2n) is 10.7. The van der Waals surface area contributed by atoms with Crippen molar-refractivity contribution in [3.63, 3.8) is 0 Å². The van der Waals surface area contributed by atoms with E-state index in [1.807, 2.05) is 54.6 Å². The third-order valence-corrected chi connectivity index (χ3v) is 6.60. The monoisotopic (exact) mass is 579 g/mol. The van der Waals surface area contributed by atoms with Crippen molar-refractivity contribution in [2.45, 2.75) is 26.2 Å². The minimum atomic E-state index is -0.423. The second-order valence-corrected chi connectivity index (χ2v) is 10.7. The first kappa shape index (κ1) is 28.9. The zero-order chi connectivity index (χ0) is 30.6. The van der Waals surface area contributed by atoms with E-state index in [9.17, 15) is 9.59 Å². The number of ether oxygens (including phenoxy) is 2. The van der Waals surface area contributed by atoms with Crippen molar-refractivity contribution in [2.24, 2.45) is 0 Å². The second kappa shape index (κ2) is 12.1. The van der Waals surface area contributed by atoms with Gasteiger partial charge in [0.1, 0.15) is 28.9 Å². The molecule has 2 aromatic heterocycles. The Labute approximate surface area is 249 Å². The molecule has 2 heterocycles. The number of amides is 4. The molecule has 5 rings (SSSR count). The molecule has 220 valence electrons. The lowest BCUT2D eigenvalue weighted by atomic mass is 9.92. The van der Waals surface area contributed by atoms with Gasteiger partial charge in [-0.1, -0.05) is 45.0 Å². The smallest absolute Gasteiger partial charge is 0.324 e. The summed E-state index contributed by atoms with van der Waals surface area (Å²) in [6, 6.07) is 23.0. The molecule has 0 bridgehead atoms. The largest absolute Gasteiger partial charge is 0.497 e. The molecule has 0 fully saturated rings. The molecule has 0 saturated heterocycles. The Morgan fingerprint density at radius 3 is 2.26 bits per heavy atom. The first-order valence-corrected chi connectivity index (χ1v) is 13.6. The maximum absolute atomic E-state index is 13.3. The van der Waals surface area contributed by atoms with E-state index in [0.717, 1.165) is 27.9 Å².